The van der Waals surface area contributed by atoms with Crippen molar-refractivity contribution in [1.82, 2.24) is 0 Å². The highest BCUT2D eigenvalue weighted by atomic mass is 32.1. The third-order valence-corrected chi connectivity index (χ3v) is 1.87. The first-order valence-electron chi connectivity index (χ1n) is 3.74. The Morgan fingerprint density at radius 2 is 2.17 bits per heavy atom. The van der Waals surface area contributed by atoms with Gasteiger partial charge in [0.15, 0.2) is 0 Å². The lowest BCUT2D eigenvalue weighted by atomic mass is 10.1. The van der Waals surface area contributed by atoms with Gasteiger partial charge in [0.05, 0.1) is 0 Å². The molecule has 0 aromatic heterocycles. The van der Waals surface area contributed by atoms with E-state index in [4.69, 9.17) is 18.0 Å². The maximum atomic E-state index is 5.54. The first-order valence-corrected chi connectivity index (χ1v) is 4.15. The first kappa shape index (κ1) is 8.94. The number of benzene rings is 1. The van der Waals surface area contributed by atoms with Crippen LogP contribution in [0.1, 0.15) is 11.1 Å². The second kappa shape index (κ2) is 4.02. The van der Waals surface area contributed by atoms with Gasteiger partial charge in [-0.05, 0) is 12.0 Å². The second-order valence-electron chi connectivity index (χ2n) is 2.51. The van der Waals surface area contributed by atoms with E-state index < -0.39 is 0 Å². The number of allylic oxidation sites excluding steroid dienone is 1. The highest BCUT2D eigenvalue weighted by molar-refractivity contribution is 7.80. The Hall–Kier alpha value is -1.15. The van der Waals surface area contributed by atoms with Crippen LogP contribution in [0.3, 0.4) is 0 Å². The average molecular weight is 177 g/mol. The molecule has 2 heteroatoms. The molecule has 0 amide bonds. The molecule has 62 valence electrons. The van der Waals surface area contributed by atoms with E-state index in [1.165, 1.54) is 0 Å². The van der Waals surface area contributed by atoms with Crippen molar-refractivity contribution in [3.05, 3.63) is 48.0 Å². The monoisotopic (exact) mass is 177 g/mol. The van der Waals surface area contributed by atoms with E-state index >= 15 is 0 Å². The Bertz CT molecular complexity index is 304. The van der Waals surface area contributed by atoms with Crippen LogP contribution in [0.2, 0.25) is 0 Å². The van der Waals surface area contributed by atoms with Gasteiger partial charge >= 0.3 is 0 Å². The van der Waals surface area contributed by atoms with Crippen LogP contribution in [0.25, 0.3) is 0 Å². The van der Waals surface area contributed by atoms with Gasteiger partial charge < -0.3 is 5.73 Å². The summed E-state index contributed by atoms with van der Waals surface area (Å²) in [5, 5.41) is 0. The molecule has 1 aromatic rings. The molecule has 1 rings (SSSR count). The van der Waals surface area contributed by atoms with Gasteiger partial charge in [-0.3, -0.25) is 0 Å². The summed E-state index contributed by atoms with van der Waals surface area (Å²) in [6.07, 6.45) is 2.66. The first-order chi connectivity index (χ1) is 5.75. The van der Waals surface area contributed by atoms with E-state index in [9.17, 15) is 0 Å². The van der Waals surface area contributed by atoms with Crippen molar-refractivity contribution >= 4 is 17.2 Å². The van der Waals surface area contributed by atoms with Gasteiger partial charge in [0.25, 0.3) is 0 Å². The molecule has 12 heavy (non-hydrogen) atoms. The molecule has 0 atom stereocenters. The van der Waals surface area contributed by atoms with Crippen LogP contribution < -0.4 is 5.73 Å². The number of nitrogens with two attached hydrogens (primary N) is 1. The molecule has 0 radical (unpaired) electrons. The molecule has 0 saturated carbocycles. The second-order valence-corrected chi connectivity index (χ2v) is 2.95. The zero-order chi connectivity index (χ0) is 8.97. The molecule has 0 fully saturated rings. The van der Waals surface area contributed by atoms with Crippen molar-refractivity contribution in [3.63, 3.8) is 0 Å². The Labute approximate surface area is 77.9 Å². The van der Waals surface area contributed by atoms with E-state index in [0.29, 0.717) is 4.99 Å². The van der Waals surface area contributed by atoms with E-state index in [2.05, 4.69) is 6.58 Å². The van der Waals surface area contributed by atoms with Crippen molar-refractivity contribution < 1.29 is 0 Å². The van der Waals surface area contributed by atoms with Gasteiger partial charge in [-0.1, -0.05) is 42.6 Å². The fourth-order valence-electron chi connectivity index (χ4n) is 1.09. The Balaban J connectivity index is 3.07. The molecule has 0 bridgehead atoms. The maximum Gasteiger partial charge on any atom is 0.104 e. The fraction of sp³-hybridized carbons (Fsp3) is 0.100. The van der Waals surface area contributed by atoms with Crippen LogP contribution in [0.15, 0.2) is 36.9 Å². The van der Waals surface area contributed by atoms with Gasteiger partial charge in [-0.2, -0.15) is 0 Å². The molecule has 2 N–H and O–H groups in total. The molecule has 0 aliphatic rings. The summed E-state index contributed by atoms with van der Waals surface area (Å²) >= 11 is 4.91. The van der Waals surface area contributed by atoms with Crippen LogP contribution >= 0.6 is 12.2 Å². The summed E-state index contributed by atoms with van der Waals surface area (Å²) in [4.78, 5) is 0.451. The van der Waals surface area contributed by atoms with Gasteiger partial charge in [0.2, 0.25) is 0 Å². The Morgan fingerprint density at radius 1 is 1.50 bits per heavy atom. The van der Waals surface area contributed by atoms with Crippen LogP contribution in [-0.2, 0) is 6.42 Å². The topological polar surface area (TPSA) is 26.0 Å². The van der Waals surface area contributed by atoms with Gasteiger partial charge in [0.1, 0.15) is 4.99 Å². The quantitative estimate of drug-likeness (QED) is 0.565. The van der Waals surface area contributed by atoms with E-state index in [-0.39, 0.29) is 0 Å². The summed E-state index contributed by atoms with van der Waals surface area (Å²) < 4.78 is 0. The van der Waals surface area contributed by atoms with Crippen LogP contribution in [0.4, 0.5) is 0 Å². The highest BCUT2D eigenvalue weighted by Gasteiger charge is 2.00. The lowest BCUT2D eigenvalue weighted by Crippen LogP contribution is -2.11. The molecule has 0 heterocycles. The van der Waals surface area contributed by atoms with E-state index in [0.717, 1.165) is 17.5 Å². The Kier molecular flexibility index (Phi) is 3.00. The largest absolute Gasteiger partial charge is 0.389 e. The standard InChI is InChI=1S/C10H11NS/c1-2-5-8-6-3-4-7-9(8)10(11)12/h2-4,6-7H,1,5H2,(H2,11,12). The average Bonchev–Trinajstić information content (AvgIpc) is 2.05. The van der Waals surface area contributed by atoms with E-state index in [1.807, 2.05) is 30.3 Å². The minimum atomic E-state index is 0.451. The number of hydrogen-bond donors (Lipinski definition) is 1. The van der Waals surface area contributed by atoms with Crippen LogP contribution in [-0.4, -0.2) is 4.99 Å². The summed E-state index contributed by atoms with van der Waals surface area (Å²) in [6, 6.07) is 7.85. The lowest BCUT2D eigenvalue weighted by Gasteiger charge is -2.04. The molecule has 0 saturated heterocycles. The van der Waals surface area contributed by atoms with E-state index in [1.54, 1.807) is 0 Å². The predicted octanol–water partition coefficient (Wildman–Crippen LogP) is 2.05. The smallest absolute Gasteiger partial charge is 0.104 e. The minimum Gasteiger partial charge on any atom is -0.389 e. The van der Waals surface area contributed by atoms with Crippen molar-refractivity contribution in [2.75, 3.05) is 0 Å². The summed E-state index contributed by atoms with van der Waals surface area (Å²) in [6.45, 7) is 3.67. The molecular formula is C10H11NS. The van der Waals surface area contributed by atoms with Crippen LogP contribution in [0.5, 0.6) is 0 Å². The van der Waals surface area contributed by atoms with Crippen molar-refractivity contribution in [2.24, 2.45) is 5.73 Å². The lowest BCUT2D eigenvalue weighted by molar-refractivity contribution is 1.26. The summed E-state index contributed by atoms with van der Waals surface area (Å²) in [5.74, 6) is 0. The van der Waals surface area contributed by atoms with Gasteiger partial charge in [-0.25, -0.2) is 0 Å². The van der Waals surface area contributed by atoms with Gasteiger partial charge in [0, 0.05) is 5.56 Å². The number of hydrogen-bond acceptors (Lipinski definition) is 1. The predicted molar refractivity (Wildman–Crippen MR) is 56.2 cm³/mol. The Morgan fingerprint density at radius 3 is 2.75 bits per heavy atom. The molecule has 0 spiro atoms. The molecule has 0 aliphatic heterocycles. The number of rotatable bonds is 3. The fourth-order valence-corrected chi connectivity index (χ4v) is 1.29. The molecule has 1 nitrogen and oxygen atoms in total. The normalized spacial score (nSPS) is 9.33. The zero-order valence-corrected chi connectivity index (χ0v) is 7.60. The minimum absolute atomic E-state index is 0.451. The summed E-state index contributed by atoms with van der Waals surface area (Å²) in [7, 11) is 0. The number of thiocarbonyl (C=S) groups is 1. The third kappa shape index (κ3) is 1.92. The maximum absolute atomic E-state index is 5.54. The van der Waals surface area contributed by atoms with Crippen LogP contribution in [0, 0.1) is 0 Å². The molecular weight excluding hydrogens is 166 g/mol. The molecule has 0 unspecified atom stereocenters. The SMILES string of the molecule is C=CCc1ccccc1C(N)=S. The van der Waals surface area contributed by atoms with Crippen molar-refractivity contribution in [3.8, 4) is 0 Å². The van der Waals surface area contributed by atoms with Crippen molar-refractivity contribution in [2.45, 2.75) is 6.42 Å². The third-order valence-electron chi connectivity index (χ3n) is 1.65. The zero-order valence-electron chi connectivity index (χ0n) is 6.79. The van der Waals surface area contributed by atoms with Gasteiger partial charge in [-0.15, -0.1) is 6.58 Å². The molecule has 0 aliphatic carbocycles. The molecule has 1 aromatic carbocycles. The highest BCUT2D eigenvalue weighted by Crippen LogP contribution is 2.09. The van der Waals surface area contributed by atoms with Crippen molar-refractivity contribution in [1.29, 1.82) is 0 Å². The summed E-state index contributed by atoms with van der Waals surface area (Å²) in [5.41, 5.74) is 7.63.